The number of nitrogens with two attached hydrogens (primary N) is 1. The van der Waals surface area contributed by atoms with Crippen LogP contribution in [0.1, 0.15) is 41.4 Å². The number of nitrogens with zero attached hydrogens (tertiary/aromatic N) is 5. The maximum atomic E-state index is 15.2. The highest BCUT2D eigenvalue weighted by molar-refractivity contribution is 5.99. The van der Waals surface area contributed by atoms with Gasteiger partial charge in [0, 0.05) is 35.9 Å². The predicted molar refractivity (Wildman–Crippen MR) is 150 cm³/mol. The molecule has 0 atom stereocenters. The molecule has 2 aromatic heterocycles. The summed E-state index contributed by atoms with van der Waals surface area (Å²) in [5, 5.41) is 9.90. The smallest absolute Gasteiger partial charge is 0.383 e. The molecule has 0 saturated carbocycles. The molecule has 14 heteroatoms. The Hall–Kier alpha value is -4.59. The van der Waals surface area contributed by atoms with E-state index < -0.39 is 35.8 Å². The van der Waals surface area contributed by atoms with Crippen LogP contribution in [0.25, 0.3) is 22.3 Å². The average molecular weight is 587 g/mol. The normalized spacial score (nSPS) is 11.9. The first kappa shape index (κ1) is 30.4. The van der Waals surface area contributed by atoms with Gasteiger partial charge in [-0.1, -0.05) is 12.1 Å². The molecule has 0 bridgehead atoms. The highest BCUT2D eigenvalue weighted by Gasteiger charge is 2.32. The summed E-state index contributed by atoms with van der Waals surface area (Å²) in [6, 6.07) is 6.65. The van der Waals surface area contributed by atoms with E-state index in [1.54, 1.807) is 29.7 Å². The molecule has 42 heavy (non-hydrogen) atoms. The molecule has 4 N–H and O–H groups in total. The van der Waals surface area contributed by atoms with E-state index >= 15 is 4.39 Å². The number of alkyl halides is 3. The van der Waals surface area contributed by atoms with Crippen molar-refractivity contribution in [3.05, 3.63) is 65.2 Å². The number of aromatic nitrogens is 4. The summed E-state index contributed by atoms with van der Waals surface area (Å²) in [4.78, 5) is 35.3. The van der Waals surface area contributed by atoms with Gasteiger partial charge in [0.2, 0.25) is 5.91 Å². The van der Waals surface area contributed by atoms with Gasteiger partial charge >= 0.3 is 6.18 Å². The summed E-state index contributed by atoms with van der Waals surface area (Å²) in [5.74, 6) is -2.04. The van der Waals surface area contributed by atoms with Crippen molar-refractivity contribution in [3.8, 4) is 11.3 Å². The van der Waals surface area contributed by atoms with Gasteiger partial charge in [0.15, 0.2) is 5.65 Å². The highest BCUT2D eigenvalue weighted by atomic mass is 19.4. The van der Waals surface area contributed by atoms with E-state index in [4.69, 9.17) is 5.73 Å². The van der Waals surface area contributed by atoms with Gasteiger partial charge in [0.05, 0.1) is 17.4 Å². The summed E-state index contributed by atoms with van der Waals surface area (Å²) in [6.45, 7) is 4.51. The topological polar surface area (TPSA) is 131 Å². The third-order valence-electron chi connectivity index (χ3n) is 6.34. The first-order valence-electron chi connectivity index (χ1n) is 13.0. The fourth-order valence-corrected chi connectivity index (χ4v) is 4.26. The number of carbonyl (C=O) groups excluding carboxylic acids is 2. The standard InChI is InChI=1S/C28H30F4N8O2/c1-15(2)40-26-23(25(33)35-14-36-26)24(38-40)17-6-5-16(21(29)11-17)12-22(41)37-20-10-18(9-19(13-20)28(30,31)32)27(42)34-7-8-39(3)4/h5-6,9-11,13-15H,7-8,12H2,1-4H3,(H,34,42)(H,37,41)(H2,33,35,36). The molecule has 0 aliphatic rings. The van der Waals surface area contributed by atoms with Crippen molar-refractivity contribution >= 4 is 34.4 Å². The lowest BCUT2D eigenvalue weighted by Crippen LogP contribution is -2.31. The minimum absolute atomic E-state index is 0.00157. The number of nitrogens with one attached hydrogen (secondary N) is 2. The van der Waals surface area contributed by atoms with Crippen molar-refractivity contribution in [3.63, 3.8) is 0 Å². The molecular formula is C28H30F4N8O2. The van der Waals surface area contributed by atoms with Crippen LogP contribution in [0.2, 0.25) is 0 Å². The lowest BCUT2D eigenvalue weighted by molar-refractivity contribution is -0.137. The van der Waals surface area contributed by atoms with Gasteiger partial charge in [-0.05, 0) is 57.8 Å². The third kappa shape index (κ3) is 6.82. The van der Waals surface area contributed by atoms with E-state index in [2.05, 4.69) is 25.7 Å². The molecule has 2 heterocycles. The van der Waals surface area contributed by atoms with Crippen molar-refractivity contribution in [1.82, 2.24) is 30.0 Å². The number of likely N-dealkylation sites (N-methyl/N-ethyl adjacent to an activating group) is 1. The number of fused-ring (bicyclic) bond motifs is 1. The molecule has 10 nitrogen and oxygen atoms in total. The molecule has 4 rings (SSSR count). The molecule has 0 saturated heterocycles. The van der Waals surface area contributed by atoms with Crippen molar-refractivity contribution in [2.24, 2.45) is 0 Å². The van der Waals surface area contributed by atoms with Gasteiger partial charge in [-0.25, -0.2) is 19.0 Å². The van der Waals surface area contributed by atoms with Crippen molar-refractivity contribution in [2.75, 3.05) is 38.2 Å². The van der Waals surface area contributed by atoms with E-state index in [0.717, 1.165) is 12.1 Å². The Morgan fingerprint density at radius 2 is 1.83 bits per heavy atom. The van der Waals surface area contributed by atoms with Crippen LogP contribution in [0, 0.1) is 5.82 Å². The second-order valence-corrected chi connectivity index (χ2v) is 10.2. The molecule has 4 aromatic rings. The SMILES string of the molecule is CC(C)n1nc(-c2ccc(CC(=O)Nc3cc(C(=O)NCCN(C)C)cc(C(F)(F)F)c3)c(F)c2)c2c(N)ncnc21. The molecule has 0 unspecified atom stereocenters. The Bertz CT molecular complexity index is 1630. The van der Waals surface area contributed by atoms with Crippen LogP contribution >= 0.6 is 0 Å². The summed E-state index contributed by atoms with van der Waals surface area (Å²) in [6.07, 6.45) is -3.92. The number of anilines is 2. The van der Waals surface area contributed by atoms with Gasteiger partial charge in [-0.15, -0.1) is 0 Å². The van der Waals surface area contributed by atoms with Crippen LogP contribution < -0.4 is 16.4 Å². The van der Waals surface area contributed by atoms with Gasteiger partial charge in [0.1, 0.15) is 23.7 Å². The zero-order valence-electron chi connectivity index (χ0n) is 23.4. The van der Waals surface area contributed by atoms with E-state index in [-0.39, 0.29) is 35.2 Å². The monoisotopic (exact) mass is 586 g/mol. The fraction of sp³-hybridized carbons (Fsp3) is 0.321. The van der Waals surface area contributed by atoms with E-state index in [1.165, 1.54) is 18.5 Å². The fourth-order valence-electron chi connectivity index (χ4n) is 4.26. The van der Waals surface area contributed by atoms with Crippen LogP contribution in [0.15, 0.2) is 42.7 Å². The minimum atomic E-state index is -4.76. The molecule has 222 valence electrons. The van der Waals surface area contributed by atoms with Crippen molar-refractivity contribution in [2.45, 2.75) is 32.5 Å². The molecular weight excluding hydrogens is 556 g/mol. The Balaban J connectivity index is 1.56. The number of benzene rings is 2. The van der Waals surface area contributed by atoms with Crippen molar-refractivity contribution < 1.29 is 27.2 Å². The van der Waals surface area contributed by atoms with Crippen LogP contribution in [0.4, 0.5) is 29.1 Å². The maximum Gasteiger partial charge on any atom is 0.416 e. The van der Waals surface area contributed by atoms with Gasteiger partial charge in [-0.2, -0.15) is 18.3 Å². The Morgan fingerprint density at radius 1 is 1.10 bits per heavy atom. The third-order valence-corrected chi connectivity index (χ3v) is 6.34. The van der Waals surface area contributed by atoms with Crippen LogP contribution in [0.5, 0.6) is 0 Å². The predicted octanol–water partition coefficient (Wildman–Crippen LogP) is 4.29. The number of hydrogen-bond donors (Lipinski definition) is 3. The number of carbonyl (C=O) groups is 2. The summed E-state index contributed by atoms with van der Waals surface area (Å²) < 4.78 is 57.4. The molecule has 0 spiro atoms. The van der Waals surface area contributed by atoms with E-state index in [9.17, 15) is 22.8 Å². The summed E-state index contributed by atoms with van der Waals surface area (Å²) >= 11 is 0. The minimum Gasteiger partial charge on any atom is -0.383 e. The highest BCUT2D eigenvalue weighted by Crippen LogP contribution is 2.33. The van der Waals surface area contributed by atoms with Crippen LogP contribution in [-0.4, -0.2) is 63.6 Å². The molecule has 0 fully saturated rings. The first-order valence-corrected chi connectivity index (χ1v) is 13.0. The lowest BCUT2D eigenvalue weighted by atomic mass is 10.0. The van der Waals surface area contributed by atoms with E-state index in [0.29, 0.717) is 34.9 Å². The largest absolute Gasteiger partial charge is 0.416 e. The first-order chi connectivity index (χ1) is 19.7. The zero-order chi connectivity index (χ0) is 30.8. The maximum absolute atomic E-state index is 15.2. The van der Waals surface area contributed by atoms with Gasteiger partial charge < -0.3 is 21.3 Å². The second kappa shape index (κ2) is 12.1. The van der Waals surface area contributed by atoms with Gasteiger partial charge in [0.25, 0.3) is 5.91 Å². The molecule has 0 radical (unpaired) electrons. The van der Waals surface area contributed by atoms with E-state index in [1.807, 2.05) is 13.8 Å². The molecule has 2 aromatic carbocycles. The number of hydrogen-bond acceptors (Lipinski definition) is 7. The van der Waals surface area contributed by atoms with Crippen LogP contribution in [-0.2, 0) is 17.4 Å². The average Bonchev–Trinajstić information content (AvgIpc) is 3.30. The number of amides is 2. The zero-order valence-corrected chi connectivity index (χ0v) is 23.4. The van der Waals surface area contributed by atoms with Crippen LogP contribution in [0.3, 0.4) is 0 Å². The van der Waals surface area contributed by atoms with Gasteiger partial charge in [-0.3, -0.25) is 9.59 Å². The lowest BCUT2D eigenvalue weighted by Gasteiger charge is -2.14. The molecule has 0 aliphatic heterocycles. The Labute approximate surface area is 238 Å². The molecule has 2 amide bonds. The number of nitrogen functional groups attached to an aromatic ring is 1. The quantitative estimate of drug-likeness (QED) is 0.250. The molecule has 0 aliphatic carbocycles. The summed E-state index contributed by atoms with van der Waals surface area (Å²) in [5.41, 5.74) is 5.68. The Morgan fingerprint density at radius 3 is 2.48 bits per heavy atom. The number of halogens is 4. The second-order valence-electron chi connectivity index (χ2n) is 10.2. The number of rotatable bonds is 9. The Kier molecular flexibility index (Phi) is 8.75. The summed E-state index contributed by atoms with van der Waals surface area (Å²) in [7, 11) is 3.57. The van der Waals surface area contributed by atoms with Crippen molar-refractivity contribution in [1.29, 1.82) is 0 Å².